The molecule has 2 aliphatic heterocycles. The Balaban J connectivity index is 1.68. The van der Waals surface area contributed by atoms with Crippen molar-refractivity contribution in [3.63, 3.8) is 0 Å². The van der Waals surface area contributed by atoms with E-state index in [1.165, 1.54) is 23.5 Å². The molecule has 5 heteroatoms. The molecule has 1 atom stereocenters. The minimum absolute atomic E-state index is 0.0459. The number of amides is 1. The van der Waals surface area contributed by atoms with Crippen molar-refractivity contribution in [1.82, 2.24) is 9.47 Å². The highest BCUT2D eigenvalue weighted by Gasteiger charge is 2.54. The van der Waals surface area contributed by atoms with Crippen LogP contribution in [0.3, 0.4) is 0 Å². The van der Waals surface area contributed by atoms with Crippen molar-refractivity contribution >= 4 is 11.6 Å². The average molecular weight is 331 g/mol. The second kappa shape index (κ2) is 6.71. The highest BCUT2D eigenvalue weighted by atomic mass is 16.2. The van der Waals surface area contributed by atoms with Gasteiger partial charge in [-0.2, -0.15) is 0 Å². The number of piperidine rings is 1. The summed E-state index contributed by atoms with van der Waals surface area (Å²) in [6, 6.07) is 3.30. The number of rotatable bonds is 5. The first kappa shape index (κ1) is 17.2. The molecule has 132 valence electrons. The summed E-state index contributed by atoms with van der Waals surface area (Å²) >= 11 is 0. The van der Waals surface area contributed by atoms with Gasteiger partial charge in [-0.05, 0) is 31.4 Å². The molecule has 0 aliphatic carbocycles. The molecule has 0 saturated carbocycles. The Labute approximate surface area is 144 Å². The van der Waals surface area contributed by atoms with Gasteiger partial charge in [0, 0.05) is 38.9 Å². The van der Waals surface area contributed by atoms with E-state index in [-0.39, 0.29) is 16.9 Å². The van der Waals surface area contributed by atoms with Gasteiger partial charge in [0.05, 0.1) is 11.1 Å². The first-order valence-electron chi connectivity index (χ1n) is 9.20. The number of β-lactam (4-membered cyclic amide) rings is 1. The summed E-state index contributed by atoms with van der Waals surface area (Å²) in [6.07, 6.45) is 6.27. The molecule has 0 aromatic carbocycles. The number of likely N-dealkylation sites (tertiary alicyclic amines) is 1. The molecule has 0 N–H and O–H groups in total. The van der Waals surface area contributed by atoms with E-state index < -0.39 is 0 Å². The number of aromatic nitrogens is 1. The first-order valence-corrected chi connectivity index (χ1v) is 9.20. The maximum absolute atomic E-state index is 12.9. The average Bonchev–Trinajstić information content (AvgIpc) is 2.60. The Hall–Kier alpha value is -1.62. The Bertz CT molecular complexity index is 665. The fraction of sp³-hybridized carbons (Fsp3) is 0.684. The fourth-order valence-electron chi connectivity index (χ4n) is 4.18. The molecular formula is C19H29N3O2. The van der Waals surface area contributed by atoms with Gasteiger partial charge in [0.25, 0.3) is 0 Å². The third-order valence-electron chi connectivity index (χ3n) is 5.87. The van der Waals surface area contributed by atoms with E-state index in [0.717, 1.165) is 50.6 Å². The van der Waals surface area contributed by atoms with Crippen molar-refractivity contribution in [1.29, 1.82) is 0 Å². The largest absolute Gasteiger partial charge is 0.317 e. The zero-order valence-electron chi connectivity index (χ0n) is 15.1. The van der Waals surface area contributed by atoms with Gasteiger partial charge in [0.15, 0.2) is 0 Å². The zero-order valence-corrected chi connectivity index (χ0v) is 15.1. The summed E-state index contributed by atoms with van der Waals surface area (Å²) in [4.78, 5) is 28.8. The molecule has 0 radical (unpaired) electrons. The van der Waals surface area contributed by atoms with Crippen LogP contribution in [-0.4, -0.2) is 41.6 Å². The highest BCUT2D eigenvalue weighted by Crippen LogP contribution is 2.42. The van der Waals surface area contributed by atoms with E-state index in [4.69, 9.17) is 0 Å². The van der Waals surface area contributed by atoms with E-state index in [1.54, 1.807) is 19.3 Å². The third kappa shape index (κ3) is 3.02. The van der Waals surface area contributed by atoms with Crippen molar-refractivity contribution in [2.45, 2.75) is 39.5 Å². The Morgan fingerprint density at radius 1 is 1.17 bits per heavy atom. The molecular weight excluding hydrogens is 302 g/mol. The smallest absolute Gasteiger partial charge is 0.250 e. The third-order valence-corrected chi connectivity index (χ3v) is 5.87. The number of nitrogens with zero attached hydrogens (tertiary/aromatic N) is 3. The lowest BCUT2D eigenvalue weighted by Crippen LogP contribution is -2.67. The molecule has 2 saturated heterocycles. The summed E-state index contributed by atoms with van der Waals surface area (Å²) in [5, 5.41) is 0. The number of carbonyl (C=O) groups is 1. The molecule has 3 rings (SSSR count). The van der Waals surface area contributed by atoms with Crippen molar-refractivity contribution in [3.8, 4) is 0 Å². The summed E-state index contributed by atoms with van der Waals surface area (Å²) in [5.41, 5.74) is 0.596. The number of anilines is 1. The molecule has 1 aromatic heterocycles. The minimum atomic E-state index is -0.195. The van der Waals surface area contributed by atoms with Crippen LogP contribution >= 0.6 is 0 Å². The van der Waals surface area contributed by atoms with Crippen LogP contribution in [0.15, 0.2) is 23.1 Å². The molecule has 24 heavy (non-hydrogen) atoms. The monoisotopic (exact) mass is 331 g/mol. The standard InChI is InChI=1S/C19H29N3O2/c1-4-15(5-2)11-21-10-6-9-19(13-21)14-22(18(19)24)16-7-8-17(23)20(3)12-16/h7-8,12,15H,4-6,9-11,13-14H2,1-3H3/t19-/m0/s1. The van der Waals surface area contributed by atoms with Crippen molar-refractivity contribution in [3.05, 3.63) is 28.7 Å². The molecule has 0 bridgehead atoms. The lowest BCUT2D eigenvalue weighted by molar-refractivity contribution is -0.139. The van der Waals surface area contributed by atoms with Crippen LogP contribution in [0.25, 0.3) is 0 Å². The summed E-state index contributed by atoms with van der Waals surface area (Å²) in [7, 11) is 1.73. The van der Waals surface area contributed by atoms with Gasteiger partial charge >= 0.3 is 0 Å². The van der Waals surface area contributed by atoms with E-state index in [9.17, 15) is 9.59 Å². The van der Waals surface area contributed by atoms with Crippen LogP contribution < -0.4 is 10.5 Å². The van der Waals surface area contributed by atoms with Crippen LogP contribution in [0.1, 0.15) is 39.5 Å². The molecule has 3 heterocycles. The van der Waals surface area contributed by atoms with Crippen LogP contribution in [0.4, 0.5) is 5.69 Å². The maximum atomic E-state index is 12.9. The van der Waals surface area contributed by atoms with Gasteiger partial charge in [0.1, 0.15) is 0 Å². The predicted octanol–water partition coefficient (Wildman–Crippen LogP) is 2.25. The summed E-state index contributed by atoms with van der Waals surface area (Å²) < 4.78 is 1.54. The second-order valence-electron chi connectivity index (χ2n) is 7.53. The van der Waals surface area contributed by atoms with E-state index in [0.29, 0.717) is 0 Å². The number of hydrogen-bond donors (Lipinski definition) is 0. The highest BCUT2D eigenvalue weighted by molar-refractivity contribution is 6.04. The lowest BCUT2D eigenvalue weighted by atomic mass is 9.72. The van der Waals surface area contributed by atoms with Crippen molar-refractivity contribution in [2.24, 2.45) is 18.4 Å². The van der Waals surface area contributed by atoms with Gasteiger partial charge < -0.3 is 14.4 Å². The van der Waals surface area contributed by atoms with E-state index >= 15 is 0 Å². The zero-order chi connectivity index (χ0) is 17.3. The van der Waals surface area contributed by atoms with E-state index in [2.05, 4.69) is 18.7 Å². The van der Waals surface area contributed by atoms with Crippen LogP contribution in [0, 0.1) is 11.3 Å². The summed E-state index contributed by atoms with van der Waals surface area (Å²) in [6.45, 7) is 8.41. The maximum Gasteiger partial charge on any atom is 0.250 e. The van der Waals surface area contributed by atoms with Gasteiger partial charge in [-0.15, -0.1) is 0 Å². The number of pyridine rings is 1. The van der Waals surface area contributed by atoms with Crippen molar-refractivity contribution in [2.75, 3.05) is 31.1 Å². The molecule has 1 aromatic rings. The summed E-state index contributed by atoms with van der Waals surface area (Å²) in [5.74, 6) is 0.963. The number of hydrogen-bond acceptors (Lipinski definition) is 3. The van der Waals surface area contributed by atoms with Gasteiger partial charge in [-0.25, -0.2) is 0 Å². The van der Waals surface area contributed by atoms with Crippen LogP contribution in [0.5, 0.6) is 0 Å². The fourth-order valence-corrected chi connectivity index (χ4v) is 4.18. The van der Waals surface area contributed by atoms with Crippen molar-refractivity contribution < 1.29 is 4.79 Å². The van der Waals surface area contributed by atoms with Crippen LogP contribution in [0.2, 0.25) is 0 Å². The van der Waals surface area contributed by atoms with Gasteiger partial charge in [-0.1, -0.05) is 26.7 Å². The topological polar surface area (TPSA) is 45.5 Å². The first-order chi connectivity index (χ1) is 11.5. The molecule has 2 aliphatic rings. The molecule has 1 amide bonds. The minimum Gasteiger partial charge on any atom is -0.317 e. The van der Waals surface area contributed by atoms with Gasteiger partial charge in [-0.3, -0.25) is 9.59 Å². The molecule has 0 unspecified atom stereocenters. The van der Waals surface area contributed by atoms with Crippen LogP contribution in [-0.2, 0) is 11.8 Å². The van der Waals surface area contributed by atoms with Gasteiger partial charge in [0.2, 0.25) is 11.5 Å². The van der Waals surface area contributed by atoms with E-state index in [1.807, 2.05) is 4.90 Å². The Morgan fingerprint density at radius 3 is 2.54 bits per heavy atom. The Kier molecular flexibility index (Phi) is 4.81. The Morgan fingerprint density at radius 2 is 1.92 bits per heavy atom. The molecule has 2 fully saturated rings. The second-order valence-corrected chi connectivity index (χ2v) is 7.53. The number of aryl methyl sites for hydroxylation is 1. The SMILES string of the molecule is CCC(CC)CN1CCC[C@]2(C1)CN(c1ccc(=O)n(C)c1)C2=O. The predicted molar refractivity (Wildman–Crippen MR) is 96.2 cm³/mol. The normalized spacial score (nSPS) is 24.7. The molecule has 5 nitrogen and oxygen atoms in total. The quantitative estimate of drug-likeness (QED) is 0.778. The lowest BCUT2D eigenvalue weighted by Gasteiger charge is -2.53. The number of carbonyl (C=O) groups excluding carboxylic acids is 1. The molecule has 1 spiro atoms.